The second-order valence-corrected chi connectivity index (χ2v) is 6.32. The summed E-state index contributed by atoms with van der Waals surface area (Å²) in [6, 6.07) is 11.6. The number of guanidine groups is 1. The molecule has 0 aliphatic carbocycles. The molecule has 0 radical (unpaired) electrons. The van der Waals surface area contributed by atoms with E-state index in [9.17, 15) is 0 Å². The molecule has 2 rings (SSSR count). The lowest BCUT2D eigenvalue weighted by molar-refractivity contribution is 0.322. The zero-order valence-corrected chi connectivity index (χ0v) is 19.9. The molecule has 0 amide bonds. The first-order chi connectivity index (χ1) is 13.0. The molecule has 28 heavy (non-hydrogen) atoms. The number of nitrogens with zero attached hydrogens (tertiary/aromatic N) is 2. The third-order valence-corrected chi connectivity index (χ3v) is 4.34. The van der Waals surface area contributed by atoms with E-state index in [-0.39, 0.29) is 24.0 Å². The maximum absolute atomic E-state index is 6.07. The van der Waals surface area contributed by atoms with Crippen molar-refractivity contribution in [3.05, 3.63) is 52.5 Å². The molecule has 0 aromatic heterocycles. The lowest BCUT2D eigenvalue weighted by Crippen LogP contribution is -2.38. The average Bonchev–Trinajstić information content (AvgIpc) is 2.67. The van der Waals surface area contributed by atoms with Gasteiger partial charge in [0.25, 0.3) is 0 Å². The van der Waals surface area contributed by atoms with Crippen LogP contribution in [0.15, 0.2) is 41.4 Å². The van der Waals surface area contributed by atoms with E-state index in [1.807, 2.05) is 48.3 Å². The van der Waals surface area contributed by atoms with Crippen LogP contribution in [0.25, 0.3) is 0 Å². The zero-order valence-electron chi connectivity index (χ0n) is 16.8. The van der Waals surface area contributed by atoms with Crippen LogP contribution in [0.2, 0.25) is 5.02 Å². The molecule has 0 fully saturated rings. The summed E-state index contributed by atoms with van der Waals surface area (Å²) < 4.78 is 16.3. The molecule has 2 aromatic rings. The molecule has 0 atom stereocenters. The van der Waals surface area contributed by atoms with Crippen LogP contribution in [0.1, 0.15) is 11.1 Å². The topological polar surface area (TPSA) is 55.3 Å². The number of ether oxygens (including phenoxy) is 3. The van der Waals surface area contributed by atoms with Gasteiger partial charge < -0.3 is 24.4 Å². The van der Waals surface area contributed by atoms with Crippen molar-refractivity contribution in [3.63, 3.8) is 0 Å². The number of aliphatic imine (C=N–C) groups is 1. The molecular weight excluding hydrogens is 493 g/mol. The minimum absolute atomic E-state index is 0. The van der Waals surface area contributed by atoms with Crippen molar-refractivity contribution in [3.8, 4) is 17.2 Å². The fraction of sp³-hybridized carbons (Fsp3) is 0.350. The summed E-state index contributed by atoms with van der Waals surface area (Å²) in [6.07, 6.45) is 0. The predicted octanol–water partition coefficient (Wildman–Crippen LogP) is 4.19. The van der Waals surface area contributed by atoms with E-state index in [4.69, 9.17) is 25.8 Å². The van der Waals surface area contributed by atoms with Gasteiger partial charge in [0.05, 0.1) is 21.3 Å². The number of methoxy groups -OCH3 is 3. The lowest BCUT2D eigenvalue weighted by atomic mass is 10.1. The van der Waals surface area contributed by atoms with Gasteiger partial charge in [-0.2, -0.15) is 0 Å². The van der Waals surface area contributed by atoms with Crippen LogP contribution in [0, 0.1) is 0 Å². The van der Waals surface area contributed by atoms with Crippen molar-refractivity contribution in [2.75, 3.05) is 35.4 Å². The molecule has 0 aliphatic rings. The van der Waals surface area contributed by atoms with Gasteiger partial charge in [-0.25, -0.2) is 0 Å². The first-order valence-corrected chi connectivity index (χ1v) is 8.85. The third kappa shape index (κ3) is 6.07. The summed E-state index contributed by atoms with van der Waals surface area (Å²) in [5, 5.41) is 4.07. The average molecular weight is 520 g/mol. The SMILES string of the molecule is CN=C(NCc1ccc(OC)c(OC)c1OC)N(C)Cc1cccc(Cl)c1.I. The van der Waals surface area contributed by atoms with Crippen molar-refractivity contribution >= 4 is 41.5 Å². The Kier molecular flexibility index (Phi) is 10.2. The Morgan fingerprint density at radius 3 is 2.36 bits per heavy atom. The van der Waals surface area contributed by atoms with Gasteiger partial charge in [-0.3, -0.25) is 4.99 Å². The second-order valence-electron chi connectivity index (χ2n) is 5.88. The highest BCUT2D eigenvalue weighted by Gasteiger charge is 2.16. The fourth-order valence-corrected chi connectivity index (χ4v) is 3.06. The van der Waals surface area contributed by atoms with E-state index in [1.54, 1.807) is 28.4 Å². The monoisotopic (exact) mass is 519 g/mol. The zero-order chi connectivity index (χ0) is 19.8. The maximum Gasteiger partial charge on any atom is 0.203 e. The van der Waals surface area contributed by atoms with Crippen LogP contribution >= 0.6 is 35.6 Å². The largest absolute Gasteiger partial charge is 0.493 e. The number of rotatable bonds is 7. The second kappa shape index (κ2) is 11.9. The number of benzene rings is 2. The van der Waals surface area contributed by atoms with E-state index in [0.717, 1.165) is 22.1 Å². The molecule has 0 saturated heterocycles. The van der Waals surface area contributed by atoms with Crippen molar-refractivity contribution in [1.82, 2.24) is 10.2 Å². The van der Waals surface area contributed by atoms with Gasteiger partial charge in [-0.15, -0.1) is 24.0 Å². The van der Waals surface area contributed by atoms with Gasteiger partial charge in [0.15, 0.2) is 17.5 Å². The standard InChI is InChI=1S/C20H26ClN3O3.HI/c1-22-20(24(2)13-14-7-6-8-16(21)11-14)23-12-15-9-10-17(25-3)19(27-5)18(15)26-4;/h6-11H,12-13H2,1-5H3,(H,22,23);1H. The van der Waals surface area contributed by atoms with E-state index in [1.165, 1.54) is 0 Å². The lowest BCUT2D eigenvalue weighted by Gasteiger charge is -2.23. The molecule has 0 saturated carbocycles. The molecule has 0 bridgehead atoms. The highest BCUT2D eigenvalue weighted by Crippen LogP contribution is 2.39. The van der Waals surface area contributed by atoms with E-state index >= 15 is 0 Å². The smallest absolute Gasteiger partial charge is 0.203 e. The van der Waals surface area contributed by atoms with Crippen molar-refractivity contribution in [2.24, 2.45) is 4.99 Å². The van der Waals surface area contributed by atoms with Crippen LogP contribution in [0.4, 0.5) is 0 Å². The molecule has 6 nitrogen and oxygen atoms in total. The van der Waals surface area contributed by atoms with Crippen LogP contribution in [-0.4, -0.2) is 46.3 Å². The Bertz CT molecular complexity index is 802. The predicted molar refractivity (Wildman–Crippen MR) is 125 cm³/mol. The van der Waals surface area contributed by atoms with Crippen molar-refractivity contribution < 1.29 is 14.2 Å². The summed E-state index contributed by atoms with van der Waals surface area (Å²) in [5.74, 6) is 2.59. The fourth-order valence-electron chi connectivity index (χ4n) is 2.85. The van der Waals surface area contributed by atoms with E-state index in [0.29, 0.717) is 30.3 Å². The molecule has 0 spiro atoms. The molecule has 0 aliphatic heterocycles. The highest BCUT2D eigenvalue weighted by atomic mass is 127. The summed E-state index contributed by atoms with van der Waals surface area (Å²) in [4.78, 5) is 6.38. The Balaban J connectivity index is 0.00000392. The number of hydrogen-bond donors (Lipinski definition) is 1. The van der Waals surface area contributed by atoms with Crippen LogP contribution in [-0.2, 0) is 13.1 Å². The van der Waals surface area contributed by atoms with Crippen molar-refractivity contribution in [2.45, 2.75) is 13.1 Å². The quantitative estimate of drug-likeness (QED) is 0.338. The summed E-state index contributed by atoms with van der Waals surface area (Å²) in [7, 11) is 8.53. The Morgan fingerprint density at radius 2 is 1.79 bits per heavy atom. The Labute approximate surface area is 188 Å². The highest BCUT2D eigenvalue weighted by molar-refractivity contribution is 14.0. The minimum Gasteiger partial charge on any atom is -0.493 e. The van der Waals surface area contributed by atoms with Crippen LogP contribution in [0.3, 0.4) is 0 Å². The van der Waals surface area contributed by atoms with E-state index in [2.05, 4.69) is 10.3 Å². The number of hydrogen-bond acceptors (Lipinski definition) is 4. The van der Waals surface area contributed by atoms with Crippen molar-refractivity contribution in [1.29, 1.82) is 0 Å². The molecule has 0 unspecified atom stereocenters. The van der Waals surface area contributed by atoms with Gasteiger partial charge in [0, 0.05) is 37.8 Å². The van der Waals surface area contributed by atoms with Gasteiger partial charge >= 0.3 is 0 Å². The normalized spacial score (nSPS) is 10.7. The van der Waals surface area contributed by atoms with Crippen LogP contribution < -0.4 is 19.5 Å². The molecule has 0 heterocycles. The van der Waals surface area contributed by atoms with Gasteiger partial charge in [-0.1, -0.05) is 23.7 Å². The van der Waals surface area contributed by atoms with E-state index < -0.39 is 0 Å². The minimum atomic E-state index is 0. The Hall–Kier alpha value is -1.87. The molecule has 154 valence electrons. The van der Waals surface area contributed by atoms with Gasteiger partial charge in [-0.05, 0) is 29.8 Å². The van der Waals surface area contributed by atoms with Gasteiger partial charge in [0.2, 0.25) is 5.75 Å². The van der Waals surface area contributed by atoms with Gasteiger partial charge in [0.1, 0.15) is 0 Å². The molecule has 8 heteroatoms. The Morgan fingerprint density at radius 1 is 1.07 bits per heavy atom. The number of nitrogens with one attached hydrogen (secondary N) is 1. The first-order valence-electron chi connectivity index (χ1n) is 8.48. The molecular formula is C20H27ClIN3O3. The number of halogens is 2. The third-order valence-electron chi connectivity index (χ3n) is 4.10. The summed E-state index contributed by atoms with van der Waals surface area (Å²) in [6.45, 7) is 1.21. The van der Waals surface area contributed by atoms with Crippen LogP contribution in [0.5, 0.6) is 17.2 Å². The summed E-state index contributed by atoms with van der Waals surface area (Å²) >= 11 is 6.07. The first kappa shape index (κ1) is 24.2. The summed E-state index contributed by atoms with van der Waals surface area (Å²) in [5.41, 5.74) is 2.05. The molecule has 2 aromatic carbocycles. The maximum atomic E-state index is 6.07. The molecule has 1 N–H and O–H groups in total.